The molecule has 3 aliphatic rings. The highest BCUT2D eigenvalue weighted by Crippen LogP contribution is 2.56. The third kappa shape index (κ3) is 2.54. The van der Waals surface area contributed by atoms with Gasteiger partial charge in [0.25, 0.3) is 0 Å². The van der Waals surface area contributed by atoms with Gasteiger partial charge in [-0.05, 0) is 54.1 Å². The Hall–Kier alpha value is -0.900. The Labute approximate surface area is 139 Å². The smallest absolute Gasteiger partial charge is 0.168 e. The van der Waals surface area contributed by atoms with Crippen LogP contribution >= 0.6 is 0 Å². The van der Waals surface area contributed by atoms with Crippen molar-refractivity contribution in [3.8, 4) is 0 Å². The average molecular weight is 316 g/mol. The molecule has 23 heavy (non-hydrogen) atoms. The topological polar surface area (TPSA) is 38.7 Å². The highest BCUT2D eigenvalue weighted by atomic mass is 16.7. The maximum atomic E-state index is 9.53. The van der Waals surface area contributed by atoms with Crippen molar-refractivity contribution in [2.45, 2.75) is 56.7 Å². The van der Waals surface area contributed by atoms with Crippen LogP contribution in [0.25, 0.3) is 0 Å². The Bertz CT molecular complexity index is 552. The molecule has 2 atom stereocenters. The van der Waals surface area contributed by atoms with Gasteiger partial charge >= 0.3 is 0 Å². The van der Waals surface area contributed by atoms with Crippen molar-refractivity contribution in [3.05, 3.63) is 35.4 Å². The summed E-state index contributed by atoms with van der Waals surface area (Å²) in [6.07, 6.45) is 6.57. The Balaban J connectivity index is 1.62. The average Bonchev–Trinajstić information content (AvgIpc) is 3.15. The predicted molar refractivity (Wildman–Crippen MR) is 89.3 cm³/mol. The van der Waals surface area contributed by atoms with Gasteiger partial charge in [0.15, 0.2) is 5.79 Å². The predicted octanol–water partition coefficient (Wildman–Crippen LogP) is 3.43. The van der Waals surface area contributed by atoms with Gasteiger partial charge in [-0.3, -0.25) is 0 Å². The molecule has 1 aromatic rings. The SMILES string of the molecule is C[C@@H](CO)C[C@H]1Cc2ccccc2C12CCC1(CC2)OCCO1. The minimum Gasteiger partial charge on any atom is -0.396 e. The van der Waals surface area contributed by atoms with E-state index in [4.69, 9.17) is 9.47 Å². The summed E-state index contributed by atoms with van der Waals surface area (Å²) in [6, 6.07) is 8.99. The summed E-state index contributed by atoms with van der Waals surface area (Å²) in [6.45, 7) is 3.95. The van der Waals surface area contributed by atoms with E-state index in [1.54, 1.807) is 5.56 Å². The number of rotatable bonds is 3. The molecule has 1 saturated heterocycles. The summed E-state index contributed by atoms with van der Waals surface area (Å²) in [4.78, 5) is 0. The summed E-state index contributed by atoms with van der Waals surface area (Å²) in [7, 11) is 0. The van der Waals surface area contributed by atoms with Crippen molar-refractivity contribution in [1.82, 2.24) is 0 Å². The molecule has 1 aliphatic heterocycles. The highest BCUT2D eigenvalue weighted by molar-refractivity contribution is 5.41. The van der Waals surface area contributed by atoms with Crippen molar-refractivity contribution in [1.29, 1.82) is 0 Å². The number of hydrogen-bond acceptors (Lipinski definition) is 3. The molecule has 0 amide bonds. The van der Waals surface area contributed by atoms with E-state index >= 15 is 0 Å². The third-order valence-corrected chi connectivity index (χ3v) is 6.52. The highest BCUT2D eigenvalue weighted by Gasteiger charge is 2.53. The first-order valence-electron chi connectivity index (χ1n) is 9.15. The Morgan fingerprint density at radius 2 is 1.83 bits per heavy atom. The summed E-state index contributed by atoms with van der Waals surface area (Å²) in [5.41, 5.74) is 3.34. The lowest BCUT2D eigenvalue weighted by Crippen LogP contribution is -2.44. The molecule has 0 radical (unpaired) electrons. The first-order chi connectivity index (χ1) is 11.2. The number of fused-ring (bicyclic) bond motifs is 2. The van der Waals surface area contributed by atoms with Gasteiger partial charge in [-0.15, -0.1) is 0 Å². The molecule has 0 bridgehead atoms. The maximum absolute atomic E-state index is 9.53. The van der Waals surface area contributed by atoms with Crippen molar-refractivity contribution in [2.24, 2.45) is 11.8 Å². The van der Waals surface area contributed by atoms with Gasteiger partial charge in [0.2, 0.25) is 0 Å². The Kier molecular flexibility index (Phi) is 3.99. The molecular weight excluding hydrogens is 288 g/mol. The van der Waals surface area contributed by atoms with Crippen LogP contribution in [0.1, 0.15) is 50.2 Å². The zero-order valence-electron chi connectivity index (χ0n) is 14.1. The van der Waals surface area contributed by atoms with Crippen LogP contribution in [0.2, 0.25) is 0 Å². The van der Waals surface area contributed by atoms with Gasteiger partial charge in [0.1, 0.15) is 0 Å². The summed E-state index contributed by atoms with van der Waals surface area (Å²) >= 11 is 0. The van der Waals surface area contributed by atoms with E-state index in [-0.39, 0.29) is 11.2 Å². The second-order valence-corrected chi connectivity index (χ2v) is 7.85. The van der Waals surface area contributed by atoms with Crippen LogP contribution in [0.15, 0.2) is 24.3 Å². The largest absolute Gasteiger partial charge is 0.396 e. The van der Waals surface area contributed by atoms with Crippen LogP contribution in [0.3, 0.4) is 0 Å². The molecule has 2 fully saturated rings. The molecule has 0 unspecified atom stereocenters. The van der Waals surface area contributed by atoms with E-state index in [0.29, 0.717) is 18.4 Å². The minimum absolute atomic E-state index is 0.264. The molecule has 0 aromatic heterocycles. The molecule has 4 rings (SSSR count). The van der Waals surface area contributed by atoms with Crippen LogP contribution in [-0.2, 0) is 21.3 Å². The summed E-state index contributed by atoms with van der Waals surface area (Å²) in [5.74, 6) is 0.720. The molecule has 1 saturated carbocycles. The van der Waals surface area contributed by atoms with E-state index in [2.05, 4.69) is 31.2 Å². The zero-order chi connectivity index (χ0) is 15.9. The van der Waals surface area contributed by atoms with Gasteiger partial charge in [0.05, 0.1) is 13.2 Å². The molecule has 1 heterocycles. The molecule has 126 valence electrons. The fourth-order valence-corrected chi connectivity index (χ4v) is 5.27. The number of ether oxygens (including phenoxy) is 2. The lowest BCUT2D eigenvalue weighted by atomic mass is 9.62. The van der Waals surface area contributed by atoms with Crippen LogP contribution < -0.4 is 0 Å². The monoisotopic (exact) mass is 316 g/mol. The van der Waals surface area contributed by atoms with Gasteiger partial charge < -0.3 is 14.6 Å². The van der Waals surface area contributed by atoms with Gasteiger partial charge in [-0.2, -0.15) is 0 Å². The number of benzene rings is 1. The van der Waals surface area contributed by atoms with Crippen LogP contribution in [-0.4, -0.2) is 30.7 Å². The number of aliphatic hydroxyl groups excluding tert-OH is 1. The maximum Gasteiger partial charge on any atom is 0.168 e. The molecule has 3 heteroatoms. The standard InChI is InChI=1S/C20H28O3/c1-15(14-21)12-17-13-16-4-2-3-5-18(16)19(17)6-8-20(9-7-19)22-10-11-23-20/h2-5,15,17,21H,6-14H2,1H3/t15-,17+/m1/s1. The fraction of sp³-hybridized carbons (Fsp3) is 0.700. The first-order valence-corrected chi connectivity index (χ1v) is 9.15. The van der Waals surface area contributed by atoms with Gasteiger partial charge in [0, 0.05) is 19.4 Å². The van der Waals surface area contributed by atoms with Crippen molar-refractivity contribution >= 4 is 0 Å². The van der Waals surface area contributed by atoms with Crippen LogP contribution in [0.5, 0.6) is 0 Å². The van der Waals surface area contributed by atoms with Crippen LogP contribution in [0, 0.1) is 11.8 Å². The summed E-state index contributed by atoms with van der Waals surface area (Å²) in [5, 5.41) is 9.53. The number of aliphatic hydroxyl groups is 1. The van der Waals surface area contributed by atoms with E-state index in [9.17, 15) is 5.11 Å². The minimum atomic E-state index is -0.296. The Morgan fingerprint density at radius 3 is 2.52 bits per heavy atom. The quantitative estimate of drug-likeness (QED) is 0.928. The van der Waals surface area contributed by atoms with Crippen molar-refractivity contribution in [3.63, 3.8) is 0 Å². The molecule has 2 aliphatic carbocycles. The molecular formula is C20H28O3. The summed E-state index contributed by atoms with van der Waals surface area (Å²) < 4.78 is 11.9. The zero-order valence-corrected chi connectivity index (χ0v) is 14.1. The first kappa shape index (κ1) is 15.6. The van der Waals surface area contributed by atoms with E-state index < -0.39 is 0 Å². The molecule has 1 aromatic carbocycles. The van der Waals surface area contributed by atoms with Gasteiger partial charge in [-0.1, -0.05) is 31.2 Å². The third-order valence-electron chi connectivity index (χ3n) is 6.52. The lowest BCUT2D eigenvalue weighted by molar-refractivity contribution is -0.187. The Morgan fingerprint density at radius 1 is 1.13 bits per heavy atom. The second kappa shape index (κ2) is 5.87. The molecule has 3 nitrogen and oxygen atoms in total. The number of hydrogen-bond donors (Lipinski definition) is 1. The van der Waals surface area contributed by atoms with E-state index in [1.807, 2.05) is 0 Å². The normalized spacial score (nSPS) is 29.0. The molecule has 1 N–H and O–H groups in total. The fourth-order valence-electron chi connectivity index (χ4n) is 5.27. The van der Waals surface area contributed by atoms with Crippen molar-refractivity contribution < 1.29 is 14.6 Å². The van der Waals surface area contributed by atoms with E-state index in [0.717, 1.165) is 51.7 Å². The lowest BCUT2D eigenvalue weighted by Gasteiger charge is -2.46. The molecule has 2 spiro atoms. The van der Waals surface area contributed by atoms with E-state index in [1.165, 1.54) is 5.56 Å². The van der Waals surface area contributed by atoms with Gasteiger partial charge in [-0.25, -0.2) is 0 Å². The van der Waals surface area contributed by atoms with Crippen LogP contribution in [0.4, 0.5) is 0 Å². The van der Waals surface area contributed by atoms with Crippen molar-refractivity contribution in [2.75, 3.05) is 19.8 Å². The second-order valence-electron chi connectivity index (χ2n) is 7.85.